The van der Waals surface area contributed by atoms with Crippen LogP contribution in [0.15, 0.2) is 55.1 Å². The average Bonchev–Trinajstić information content (AvgIpc) is 3.42. The van der Waals surface area contributed by atoms with E-state index in [2.05, 4.69) is 30.2 Å². The average molecular weight is 373 g/mol. The second-order valence-electron chi connectivity index (χ2n) is 6.60. The lowest BCUT2D eigenvalue weighted by Crippen LogP contribution is -1.94. The number of aryl methyl sites for hydroxylation is 1. The summed E-state index contributed by atoms with van der Waals surface area (Å²) in [6.45, 7) is 0. The quantitative estimate of drug-likeness (QED) is 0.505. The lowest BCUT2D eigenvalue weighted by atomic mass is 10.1. The molecule has 0 saturated heterocycles. The second kappa shape index (κ2) is 6.41. The van der Waals surface area contributed by atoms with Crippen molar-refractivity contribution in [2.24, 2.45) is 7.05 Å². The van der Waals surface area contributed by atoms with Crippen LogP contribution >= 0.6 is 0 Å². The van der Waals surface area contributed by atoms with Gasteiger partial charge in [-0.1, -0.05) is 18.2 Å². The fraction of sp³-hybridized carbons (Fsp3) is 0.100. The fourth-order valence-corrected chi connectivity index (χ4v) is 3.23. The number of pyridine rings is 1. The van der Waals surface area contributed by atoms with Gasteiger partial charge in [0.2, 0.25) is 0 Å². The van der Waals surface area contributed by atoms with Crippen LogP contribution in [-0.4, -0.2) is 34.9 Å². The zero-order chi connectivity index (χ0) is 19.1. The molecule has 0 unspecified atom stereocenters. The Labute approximate surface area is 159 Å². The van der Waals surface area contributed by atoms with Crippen LogP contribution in [0.5, 0.6) is 0 Å². The number of benzene rings is 1. The molecular weight excluding hydrogens is 357 g/mol. The van der Waals surface area contributed by atoms with E-state index in [1.165, 1.54) is 6.07 Å². The number of hydrogen-bond acceptors (Lipinski definition) is 4. The molecule has 0 spiro atoms. The van der Waals surface area contributed by atoms with Crippen LogP contribution in [0.3, 0.4) is 0 Å². The monoisotopic (exact) mass is 373 g/mol. The summed E-state index contributed by atoms with van der Waals surface area (Å²) in [6, 6.07) is 8.70. The molecular formula is C20H16FN7. The molecule has 4 aromatic heterocycles. The maximum atomic E-state index is 13.9. The maximum Gasteiger partial charge on any atom is 0.183 e. The van der Waals surface area contributed by atoms with Crippen molar-refractivity contribution in [2.75, 3.05) is 0 Å². The van der Waals surface area contributed by atoms with Crippen LogP contribution in [0.4, 0.5) is 4.39 Å². The Morgan fingerprint density at radius 1 is 1.14 bits per heavy atom. The smallest absolute Gasteiger partial charge is 0.183 e. The Morgan fingerprint density at radius 2 is 2.04 bits per heavy atom. The number of rotatable bonds is 4. The number of nitrogens with one attached hydrogen (secondary N) is 2. The summed E-state index contributed by atoms with van der Waals surface area (Å²) in [4.78, 5) is 12.2. The summed E-state index contributed by atoms with van der Waals surface area (Å²) in [7, 11) is 1.88. The highest BCUT2D eigenvalue weighted by molar-refractivity contribution is 5.94. The molecule has 0 radical (unpaired) electrons. The van der Waals surface area contributed by atoms with Gasteiger partial charge in [0.05, 0.1) is 6.20 Å². The molecule has 5 aromatic rings. The lowest BCUT2D eigenvalue weighted by molar-refractivity contribution is 0.612. The van der Waals surface area contributed by atoms with Gasteiger partial charge in [-0.3, -0.25) is 9.78 Å². The van der Waals surface area contributed by atoms with Crippen molar-refractivity contribution in [3.05, 3.63) is 72.3 Å². The van der Waals surface area contributed by atoms with Crippen molar-refractivity contribution in [2.45, 2.75) is 6.42 Å². The lowest BCUT2D eigenvalue weighted by Gasteiger charge is -1.99. The van der Waals surface area contributed by atoms with Gasteiger partial charge in [-0.25, -0.2) is 14.4 Å². The van der Waals surface area contributed by atoms with E-state index in [0.29, 0.717) is 23.6 Å². The molecule has 0 bridgehead atoms. The highest BCUT2D eigenvalue weighted by Gasteiger charge is 2.14. The SMILES string of the molecule is Cn1cc(-c2cnc3[nH]cc(-c4n[nH]c(Cc5ccccc5F)n4)c3c2)cn1. The van der Waals surface area contributed by atoms with E-state index in [0.717, 1.165) is 27.7 Å². The Balaban J connectivity index is 1.51. The molecule has 5 rings (SSSR count). The van der Waals surface area contributed by atoms with Gasteiger partial charge < -0.3 is 4.98 Å². The Morgan fingerprint density at radius 3 is 2.86 bits per heavy atom. The van der Waals surface area contributed by atoms with E-state index in [4.69, 9.17) is 0 Å². The number of nitrogens with zero attached hydrogens (tertiary/aromatic N) is 5. The van der Waals surface area contributed by atoms with E-state index < -0.39 is 0 Å². The maximum absolute atomic E-state index is 13.9. The first kappa shape index (κ1) is 16.4. The van der Waals surface area contributed by atoms with Crippen molar-refractivity contribution in [3.8, 4) is 22.5 Å². The summed E-state index contributed by atoms with van der Waals surface area (Å²) in [6.07, 6.45) is 7.73. The highest BCUT2D eigenvalue weighted by atomic mass is 19.1. The fourth-order valence-electron chi connectivity index (χ4n) is 3.23. The third-order valence-corrected chi connectivity index (χ3v) is 4.66. The van der Waals surface area contributed by atoms with Gasteiger partial charge in [0, 0.05) is 54.1 Å². The minimum atomic E-state index is -0.252. The standard InChI is InChI=1S/C20H16FN7/c1-28-11-14(9-24-28)13-6-15-16(10-23-19(15)22-8-13)20-25-18(26-27-20)7-12-4-2-3-5-17(12)21/h2-6,8-11H,7H2,1H3,(H,22,23)(H,25,26,27). The molecule has 4 heterocycles. The summed E-state index contributed by atoms with van der Waals surface area (Å²) < 4.78 is 15.6. The molecule has 0 aliphatic carbocycles. The Bertz CT molecular complexity index is 1280. The van der Waals surface area contributed by atoms with Gasteiger partial charge in [0.25, 0.3) is 0 Å². The van der Waals surface area contributed by atoms with Crippen LogP contribution < -0.4 is 0 Å². The normalized spacial score (nSPS) is 11.4. The number of hydrogen-bond donors (Lipinski definition) is 2. The van der Waals surface area contributed by atoms with Crippen LogP contribution in [-0.2, 0) is 13.5 Å². The van der Waals surface area contributed by atoms with Crippen LogP contribution in [0, 0.1) is 5.82 Å². The minimum absolute atomic E-state index is 0.252. The first-order chi connectivity index (χ1) is 13.7. The summed E-state index contributed by atoms with van der Waals surface area (Å²) >= 11 is 0. The zero-order valence-electron chi connectivity index (χ0n) is 15.0. The molecule has 28 heavy (non-hydrogen) atoms. The van der Waals surface area contributed by atoms with E-state index in [1.54, 1.807) is 35.3 Å². The molecule has 8 heteroatoms. The predicted octanol–water partition coefficient (Wildman–Crippen LogP) is 3.48. The van der Waals surface area contributed by atoms with Gasteiger partial charge in [0.1, 0.15) is 17.3 Å². The summed E-state index contributed by atoms with van der Waals surface area (Å²) in [5.74, 6) is 0.895. The molecule has 0 amide bonds. The molecule has 138 valence electrons. The molecule has 0 atom stereocenters. The summed E-state index contributed by atoms with van der Waals surface area (Å²) in [5.41, 5.74) is 4.11. The molecule has 7 nitrogen and oxygen atoms in total. The minimum Gasteiger partial charge on any atom is -0.345 e. The third kappa shape index (κ3) is 2.84. The Kier molecular flexibility index (Phi) is 3.75. The molecule has 1 aromatic carbocycles. The molecule has 0 aliphatic rings. The van der Waals surface area contributed by atoms with E-state index in [1.807, 2.05) is 25.5 Å². The number of fused-ring (bicyclic) bond motifs is 1. The van der Waals surface area contributed by atoms with Crippen molar-refractivity contribution in [1.82, 2.24) is 34.9 Å². The number of aromatic nitrogens is 7. The van der Waals surface area contributed by atoms with E-state index in [-0.39, 0.29) is 5.82 Å². The molecule has 0 aliphatic heterocycles. The van der Waals surface area contributed by atoms with Crippen molar-refractivity contribution < 1.29 is 4.39 Å². The predicted molar refractivity (Wildman–Crippen MR) is 103 cm³/mol. The van der Waals surface area contributed by atoms with Crippen LogP contribution in [0.2, 0.25) is 0 Å². The van der Waals surface area contributed by atoms with Crippen molar-refractivity contribution in [3.63, 3.8) is 0 Å². The van der Waals surface area contributed by atoms with Crippen molar-refractivity contribution >= 4 is 11.0 Å². The third-order valence-electron chi connectivity index (χ3n) is 4.66. The van der Waals surface area contributed by atoms with Gasteiger partial charge in [0.15, 0.2) is 5.82 Å². The second-order valence-corrected chi connectivity index (χ2v) is 6.60. The first-order valence-corrected chi connectivity index (χ1v) is 8.78. The van der Waals surface area contributed by atoms with Gasteiger partial charge in [-0.05, 0) is 17.7 Å². The molecule has 2 N–H and O–H groups in total. The van der Waals surface area contributed by atoms with Crippen LogP contribution in [0.1, 0.15) is 11.4 Å². The summed E-state index contributed by atoms with van der Waals surface area (Å²) in [5, 5.41) is 12.4. The molecule has 0 saturated carbocycles. The van der Waals surface area contributed by atoms with Gasteiger partial charge in [-0.2, -0.15) is 10.2 Å². The first-order valence-electron chi connectivity index (χ1n) is 8.78. The Hall–Kier alpha value is -3.81. The van der Waals surface area contributed by atoms with Gasteiger partial charge >= 0.3 is 0 Å². The largest absolute Gasteiger partial charge is 0.345 e. The number of H-pyrrole nitrogens is 2. The van der Waals surface area contributed by atoms with E-state index >= 15 is 0 Å². The highest BCUT2D eigenvalue weighted by Crippen LogP contribution is 2.29. The topological polar surface area (TPSA) is 88.1 Å². The van der Waals surface area contributed by atoms with Crippen molar-refractivity contribution in [1.29, 1.82) is 0 Å². The number of aromatic amines is 2. The molecule has 0 fully saturated rings. The van der Waals surface area contributed by atoms with Crippen LogP contribution in [0.25, 0.3) is 33.5 Å². The van der Waals surface area contributed by atoms with Gasteiger partial charge in [-0.15, -0.1) is 0 Å². The zero-order valence-corrected chi connectivity index (χ0v) is 15.0. The number of halogens is 1. The van der Waals surface area contributed by atoms with E-state index in [9.17, 15) is 4.39 Å².